The van der Waals surface area contributed by atoms with E-state index in [1.165, 1.54) is 0 Å². The number of aliphatic carboxylic acids is 1. The van der Waals surface area contributed by atoms with Crippen LogP contribution in [0.25, 0.3) is 0 Å². The van der Waals surface area contributed by atoms with Gasteiger partial charge in [-0.3, -0.25) is 4.79 Å². The van der Waals surface area contributed by atoms with Crippen molar-refractivity contribution in [2.24, 2.45) is 5.92 Å². The van der Waals surface area contributed by atoms with Crippen LogP contribution in [0.1, 0.15) is 20.3 Å². The minimum atomic E-state index is -0.706. The summed E-state index contributed by atoms with van der Waals surface area (Å²) in [7, 11) is 0. The van der Waals surface area contributed by atoms with E-state index in [0.29, 0.717) is 0 Å². The van der Waals surface area contributed by atoms with Gasteiger partial charge in [-0.25, -0.2) is 0 Å². The molecule has 1 N–H and O–H groups in total. The third-order valence-electron chi connectivity index (χ3n) is 1.03. The molecule has 0 aliphatic carbocycles. The molecule has 0 fully saturated rings. The summed E-state index contributed by atoms with van der Waals surface area (Å²) in [6.45, 7) is 3.56. The average molecular weight is 150 g/mol. The maximum Gasteiger partial charge on any atom is 0.306 e. The van der Waals surface area contributed by atoms with Crippen LogP contribution in [0.15, 0.2) is 0 Å². The van der Waals surface area contributed by atoms with E-state index >= 15 is 0 Å². The Labute approximate surface area is 64.2 Å². The fourth-order valence-electron chi connectivity index (χ4n) is 0.175. The minimum Gasteiger partial charge on any atom is -0.481 e. The first-order chi connectivity index (χ1) is 3.18. The summed E-state index contributed by atoms with van der Waals surface area (Å²) < 4.78 is 0. The topological polar surface area (TPSA) is 37.3 Å². The van der Waals surface area contributed by atoms with Gasteiger partial charge in [0.25, 0.3) is 0 Å². The molecular formula is C5H10O2Ti. The molecule has 0 aromatic carbocycles. The van der Waals surface area contributed by atoms with Gasteiger partial charge in [-0.05, 0) is 6.42 Å². The maximum atomic E-state index is 9.93. The summed E-state index contributed by atoms with van der Waals surface area (Å²) in [4.78, 5) is 9.93. The van der Waals surface area contributed by atoms with Crippen molar-refractivity contribution in [3.8, 4) is 0 Å². The van der Waals surface area contributed by atoms with Crippen LogP contribution in [0.5, 0.6) is 0 Å². The third kappa shape index (κ3) is 4.35. The molecule has 0 spiro atoms. The number of rotatable bonds is 2. The first-order valence-electron chi connectivity index (χ1n) is 2.41. The first-order valence-corrected chi connectivity index (χ1v) is 2.41. The van der Waals surface area contributed by atoms with E-state index in [4.69, 9.17) is 5.11 Å². The molecule has 0 aromatic rings. The van der Waals surface area contributed by atoms with E-state index in [0.717, 1.165) is 6.42 Å². The van der Waals surface area contributed by atoms with Crippen molar-refractivity contribution < 1.29 is 31.6 Å². The molecule has 0 aliphatic rings. The Balaban J connectivity index is 0. The Hall–Kier alpha value is 0.184. The van der Waals surface area contributed by atoms with Gasteiger partial charge in [-0.1, -0.05) is 13.8 Å². The third-order valence-corrected chi connectivity index (χ3v) is 1.03. The summed E-state index contributed by atoms with van der Waals surface area (Å²) in [6, 6.07) is 0. The number of carboxylic acids is 1. The monoisotopic (exact) mass is 150 g/mol. The molecule has 8 heavy (non-hydrogen) atoms. The van der Waals surface area contributed by atoms with Gasteiger partial charge in [0.15, 0.2) is 0 Å². The van der Waals surface area contributed by atoms with Crippen LogP contribution in [0.3, 0.4) is 0 Å². The number of carbonyl (C=O) groups is 1. The Morgan fingerprint density at radius 2 is 2.12 bits per heavy atom. The summed E-state index contributed by atoms with van der Waals surface area (Å²) in [5, 5.41) is 8.18. The van der Waals surface area contributed by atoms with Crippen LogP contribution < -0.4 is 0 Å². The molecule has 0 radical (unpaired) electrons. The van der Waals surface area contributed by atoms with Gasteiger partial charge in [0.05, 0.1) is 5.92 Å². The summed E-state index contributed by atoms with van der Waals surface area (Å²) in [5.74, 6) is -0.887. The van der Waals surface area contributed by atoms with Crippen LogP contribution in [-0.4, -0.2) is 11.1 Å². The van der Waals surface area contributed by atoms with Crippen molar-refractivity contribution in [3.05, 3.63) is 0 Å². The predicted octanol–water partition coefficient (Wildman–Crippen LogP) is 1.11. The molecule has 0 amide bonds. The van der Waals surface area contributed by atoms with Crippen molar-refractivity contribution in [1.82, 2.24) is 0 Å². The second-order valence-electron chi connectivity index (χ2n) is 1.65. The van der Waals surface area contributed by atoms with Gasteiger partial charge in [-0.2, -0.15) is 0 Å². The van der Waals surface area contributed by atoms with Gasteiger partial charge in [0.2, 0.25) is 0 Å². The Morgan fingerprint density at radius 1 is 1.75 bits per heavy atom. The van der Waals surface area contributed by atoms with Gasteiger partial charge in [0.1, 0.15) is 0 Å². The fraction of sp³-hybridized carbons (Fsp3) is 0.800. The van der Waals surface area contributed by atoms with E-state index in [1.807, 2.05) is 6.92 Å². The number of hydrogen-bond donors (Lipinski definition) is 1. The van der Waals surface area contributed by atoms with Crippen molar-refractivity contribution in [3.63, 3.8) is 0 Å². The molecule has 3 heteroatoms. The van der Waals surface area contributed by atoms with Crippen LogP contribution in [0.2, 0.25) is 0 Å². The molecule has 0 heterocycles. The molecule has 0 aromatic heterocycles. The molecule has 1 atom stereocenters. The second-order valence-corrected chi connectivity index (χ2v) is 1.65. The van der Waals surface area contributed by atoms with E-state index in [1.54, 1.807) is 6.92 Å². The smallest absolute Gasteiger partial charge is 0.306 e. The molecule has 2 nitrogen and oxygen atoms in total. The molecule has 46 valence electrons. The van der Waals surface area contributed by atoms with E-state index < -0.39 is 5.97 Å². The summed E-state index contributed by atoms with van der Waals surface area (Å²) >= 11 is 0. The van der Waals surface area contributed by atoms with Crippen molar-refractivity contribution in [2.75, 3.05) is 0 Å². The average Bonchev–Trinajstić information content (AvgIpc) is 1.65. The maximum absolute atomic E-state index is 9.93. The van der Waals surface area contributed by atoms with E-state index in [9.17, 15) is 4.79 Å². The van der Waals surface area contributed by atoms with Crippen LogP contribution in [0, 0.1) is 5.92 Å². The molecule has 0 rings (SSSR count). The van der Waals surface area contributed by atoms with E-state index in [-0.39, 0.29) is 27.6 Å². The number of hydrogen-bond acceptors (Lipinski definition) is 1. The Kier molecular flexibility index (Phi) is 7.35. The standard InChI is InChI=1S/C5H10O2.Ti/c1-3-4(2)5(6)7;/h4H,3H2,1-2H3,(H,6,7);. The zero-order chi connectivity index (χ0) is 5.86. The quantitative estimate of drug-likeness (QED) is 0.598. The molecule has 0 aliphatic heterocycles. The summed E-state index contributed by atoms with van der Waals surface area (Å²) in [5.41, 5.74) is 0. The largest absolute Gasteiger partial charge is 0.481 e. The minimum absolute atomic E-state index is 0. The first kappa shape index (κ1) is 11.0. The van der Waals surface area contributed by atoms with Crippen molar-refractivity contribution in [1.29, 1.82) is 0 Å². The molecule has 0 saturated carbocycles. The fourth-order valence-corrected chi connectivity index (χ4v) is 0.175. The normalized spacial score (nSPS) is 11.8. The SMILES string of the molecule is CCC(C)C(=O)O.[Ti]. The molecule has 0 saturated heterocycles. The van der Waals surface area contributed by atoms with Crippen molar-refractivity contribution in [2.45, 2.75) is 20.3 Å². The Morgan fingerprint density at radius 3 is 2.12 bits per heavy atom. The predicted molar refractivity (Wildman–Crippen MR) is 27.1 cm³/mol. The summed E-state index contributed by atoms with van der Waals surface area (Å²) in [6.07, 6.45) is 0.718. The van der Waals surface area contributed by atoms with Crippen LogP contribution in [0.4, 0.5) is 0 Å². The zero-order valence-electron chi connectivity index (χ0n) is 5.14. The van der Waals surface area contributed by atoms with Gasteiger partial charge < -0.3 is 5.11 Å². The molecule has 1 unspecified atom stereocenters. The number of carboxylic acid groups (broad SMARTS) is 1. The van der Waals surface area contributed by atoms with Crippen molar-refractivity contribution >= 4 is 5.97 Å². The zero-order valence-corrected chi connectivity index (χ0v) is 6.70. The molecule has 0 bridgehead atoms. The second kappa shape index (κ2) is 5.32. The van der Waals surface area contributed by atoms with Gasteiger partial charge in [0, 0.05) is 21.7 Å². The van der Waals surface area contributed by atoms with Gasteiger partial charge >= 0.3 is 5.97 Å². The Bertz CT molecular complexity index is 72.8. The van der Waals surface area contributed by atoms with Gasteiger partial charge in [-0.15, -0.1) is 0 Å². The molecular weight excluding hydrogens is 140 g/mol. The van der Waals surface area contributed by atoms with E-state index in [2.05, 4.69) is 0 Å². The van der Waals surface area contributed by atoms with Crippen LogP contribution >= 0.6 is 0 Å². The van der Waals surface area contributed by atoms with Crippen LogP contribution in [-0.2, 0) is 26.5 Å².